The number of rotatable bonds is 3. The van der Waals surface area contributed by atoms with Crippen LogP contribution < -0.4 is 10.3 Å². The Hall–Kier alpha value is -3.94. The molecule has 0 spiro atoms. The molecule has 8 heteroatoms. The van der Waals surface area contributed by atoms with Gasteiger partial charge in [0.15, 0.2) is 5.65 Å². The Morgan fingerprint density at radius 3 is 2.74 bits per heavy atom. The summed E-state index contributed by atoms with van der Waals surface area (Å²) in [5.41, 5.74) is 4.53. The van der Waals surface area contributed by atoms with E-state index in [9.17, 15) is 9.59 Å². The Bertz CT molecular complexity index is 1360. The number of benzene rings is 1. The molecule has 1 aliphatic rings. The van der Waals surface area contributed by atoms with Gasteiger partial charge in [0, 0.05) is 55.3 Å². The van der Waals surface area contributed by atoms with Crippen LogP contribution in [0.3, 0.4) is 0 Å². The number of aryl methyl sites for hydroxylation is 1. The number of hydrogen-bond acceptors (Lipinski definition) is 5. The van der Waals surface area contributed by atoms with Gasteiger partial charge in [-0.2, -0.15) is 5.10 Å². The Morgan fingerprint density at radius 2 is 1.97 bits per heavy atom. The summed E-state index contributed by atoms with van der Waals surface area (Å²) in [5, 5.41) is 4.53. The molecule has 5 rings (SSSR count). The summed E-state index contributed by atoms with van der Waals surface area (Å²) >= 11 is 0. The molecule has 1 aliphatic heterocycles. The molecule has 0 atom stereocenters. The Kier molecular flexibility index (Phi) is 4.54. The van der Waals surface area contributed by atoms with Gasteiger partial charge in [0.2, 0.25) is 0 Å². The molecule has 3 aromatic heterocycles. The van der Waals surface area contributed by atoms with Gasteiger partial charge < -0.3 is 9.64 Å². The average molecular weight is 415 g/mol. The van der Waals surface area contributed by atoms with Crippen molar-refractivity contribution in [3.05, 3.63) is 87.7 Å². The zero-order chi connectivity index (χ0) is 21.5. The van der Waals surface area contributed by atoms with Crippen LogP contribution in [0.25, 0.3) is 11.3 Å². The van der Waals surface area contributed by atoms with Crippen LogP contribution in [0.5, 0.6) is 5.75 Å². The smallest absolute Gasteiger partial charge is 0.259 e. The summed E-state index contributed by atoms with van der Waals surface area (Å²) in [6, 6.07) is 12.5. The third kappa shape index (κ3) is 3.26. The molecule has 1 amide bonds. The van der Waals surface area contributed by atoms with Gasteiger partial charge in [0.25, 0.3) is 11.5 Å². The van der Waals surface area contributed by atoms with E-state index in [2.05, 4.69) is 10.1 Å². The lowest BCUT2D eigenvalue weighted by Crippen LogP contribution is -2.37. The Morgan fingerprint density at radius 1 is 1.16 bits per heavy atom. The Balaban J connectivity index is 1.52. The van der Waals surface area contributed by atoms with Gasteiger partial charge >= 0.3 is 0 Å². The SMILES string of the molecule is COc1cc(=O)n(-c2ccccc2)cc1C(=O)N1CCc2c(cnc3cc(C)nn23)C1. The second-order valence-corrected chi connectivity index (χ2v) is 7.56. The van der Waals surface area contributed by atoms with Crippen molar-refractivity contribution < 1.29 is 9.53 Å². The zero-order valence-electron chi connectivity index (χ0n) is 17.3. The minimum Gasteiger partial charge on any atom is -0.496 e. The second-order valence-electron chi connectivity index (χ2n) is 7.56. The number of aromatic nitrogens is 4. The van der Waals surface area contributed by atoms with Gasteiger partial charge in [-0.15, -0.1) is 0 Å². The number of methoxy groups -OCH3 is 1. The van der Waals surface area contributed by atoms with E-state index >= 15 is 0 Å². The molecule has 0 N–H and O–H groups in total. The highest BCUT2D eigenvalue weighted by Crippen LogP contribution is 2.24. The van der Waals surface area contributed by atoms with E-state index in [4.69, 9.17) is 4.74 Å². The van der Waals surface area contributed by atoms with Crippen LogP contribution in [-0.2, 0) is 13.0 Å². The predicted molar refractivity (Wildman–Crippen MR) is 115 cm³/mol. The summed E-state index contributed by atoms with van der Waals surface area (Å²) in [5.74, 6) is 0.0770. The molecule has 0 fully saturated rings. The van der Waals surface area contributed by atoms with Crippen molar-refractivity contribution in [2.45, 2.75) is 19.9 Å². The lowest BCUT2D eigenvalue weighted by Gasteiger charge is -2.29. The normalized spacial score (nSPS) is 13.3. The highest BCUT2D eigenvalue weighted by Gasteiger charge is 2.27. The summed E-state index contributed by atoms with van der Waals surface area (Å²) in [6.45, 7) is 2.90. The van der Waals surface area contributed by atoms with E-state index in [1.165, 1.54) is 17.7 Å². The molecular weight excluding hydrogens is 394 g/mol. The molecule has 0 aliphatic carbocycles. The largest absolute Gasteiger partial charge is 0.496 e. The molecule has 0 saturated carbocycles. The number of hydrogen-bond donors (Lipinski definition) is 0. The van der Waals surface area contributed by atoms with E-state index in [0.717, 1.165) is 22.6 Å². The fourth-order valence-electron chi connectivity index (χ4n) is 4.03. The van der Waals surface area contributed by atoms with Crippen LogP contribution in [0.4, 0.5) is 0 Å². The summed E-state index contributed by atoms with van der Waals surface area (Å²) in [6.07, 6.45) is 4.04. The van der Waals surface area contributed by atoms with Crippen LogP contribution in [0.15, 0.2) is 59.7 Å². The van der Waals surface area contributed by atoms with Gasteiger partial charge in [-0.1, -0.05) is 18.2 Å². The van der Waals surface area contributed by atoms with Crippen LogP contribution in [0.2, 0.25) is 0 Å². The maximum Gasteiger partial charge on any atom is 0.259 e. The zero-order valence-corrected chi connectivity index (χ0v) is 17.3. The first-order valence-corrected chi connectivity index (χ1v) is 10.0. The van der Waals surface area contributed by atoms with Gasteiger partial charge in [0.05, 0.1) is 24.1 Å². The third-order valence-corrected chi connectivity index (χ3v) is 5.56. The first kappa shape index (κ1) is 19.0. The van der Waals surface area contributed by atoms with E-state index < -0.39 is 0 Å². The van der Waals surface area contributed by atoms with Crippen molar-refractivity contribution in [2.75, 3.05) is 13.7 Å². The minimum atomic E-state index is -0.260. The van der Waals surface area contributed by atoms with Crippen molar-refractivity contribution in [1.29, 1.82) is 0 Å². The molecule has 0 unspecified atom stereocenters. The fourth-order valence-corrected chi connectivity index (χ4v) is 4.03. The molecule has 4 heterocycles. The molecule has 0 bridgehead atoms. The highest BCUT2D eigenvalue weighted by molar-refractivity contribution is 5.96. The van der Waals surface area contributed by atoms with Crippen LogP contribution >= 0.6 is 0 Å². The van der Waals surface area contributed by atoms with Crippen LogP contribution in [0.1, 0.15) is 27.3 Å². The minimum absolute atomic E-state index is 0.191. The maximum atomic E-state index is 13.4. The second kappa shape index (κ2) is 7.39. The van der Waals surface area contributed by atoms with Crippen molar-refractivity contribution in [3.8, 4) is 11.4 Å². The highest BCUT2D eigenvalue weighted by atomic mass is 16.5. The Labute approximate surface area is 178 Å². The van der Waals surface area contributed by atoms with Crippen molar-refractivity contribution >= 4 is 11.6 Å². The van der Waals surface area contributed by atoms with Crippen LogP contribution in [-0.4, -0.2) is 43.6 Å². The summed E-state index contributed by atoms with van der Waals surface area (Å²) in [7, 11) is 1.46. The third-order valence-electron chi connectivity index (χ3n) is 5.56. The summed E-state index contributed by atoms with van der Waals surface area (Å²) in [4.78, 5) is 32.2. The summed E-state index contributed by atoms with van der Waals surface area (Å²) < 4.78 is 8.70. The van der Waals surface area contributed by atoms with E-state index in [-0.39, 0.29) is 17.2 Å². The molecule has 156 valence electrons. The molecule has 0 saturated heterocycles. The number of pyridine rings is 1. The number of ether oxygens (including phenoxy) is 1. The van der Waals surface area contributed by atoms with Gasteiger partial charge in [0.1, 0.15) is 5.75 Å². The predicted octanol–water partition coefficient (Wildman–Crippen LogP) is 2.40. The molecule has 1 aromatic carbocycles. The topological polar surface area (TPSA) is 81.7 Å². The number of carbonyl (C=O) groups excluding carboxylic acids is 1. The molecule has 0 radical (unpaired) electrons. The van der Waals surface area contributed by atoms with E-state index in [0.29, 0.717) is 30.8 Å². The first-order valence-electron chi connectivity index (χ1n) is 10.0. The lowest BCUT2D eigenvalue weighted by atomic mass is 10.1. The number of para-hydroxylation sites is 1. The molecule has 8 nitrogen and oxygen atoms in total. The number of carbonyl (C=O) groups is 1. The van der Waals surface area contributed by atoms with E-state index in [1.807, 2.05) is 54.0 Å². The number of nitrogens with zero attached hydrogens (tertiary/aromatic N) is 5. The van der Waals surface area contributed by atoms with Crippen molar-refractivity contribution in [3.63, 3.8) is 0 Å². The van der Waals surface area contributed by atoms with Gasteiger partial charge in [-0.3, -0.25) is 14.2 Å². The lowest BCUT2D eigenvalue weighted by molar-refractivity contribution is 0.0728. The van der Waals surface area contributed by atoms with Gasteiger partial charge in [-0.25, -0.2) is 9.50 Å². The molecule has 4 aromatic rings. The maximum absolute atomic E-state index is 13.4. The molecule has 31 heavy (non-hydrogen) atoms. The monoisotopic (exact) mass is 415 g/mol. The molecular formula is C23H21N5O3. The standard InChI is InChI=1S/C23H21N5O3/c1-15-10-21-24-12-16-13-26(9-8-19(16)28(21)25-15)23(30)18-14-27(17-6-4-3-5-7-17)22(29)11-20(18)31-2/h3-7,10-12,14H,8-9,13H2,1-2H3. The quantitative estimate of drug-likeness (QED) is 0.513. The van der Waals surface area contributed by atoms with Crippen molar-refractivity contribution in [1.82, 2.24) is 24.1 Å². The number of amides is 1. The number of fused-ring (bicyclic) bond motifs is 3. The van der Waals surface area contributed by atoms with Crippen molar-refractivity contribution in [2.24, 2.45) is 0 Å². The first-order chi connectivity index (χ1) is 15.0. The van der Waals surface area contributed by atoms with Crippen LogP contribution in [0, 0.1) is 6.92 Å². The van der Waals surface area contributed by atoms with E-state index in [1.54, 1.807) is 11.1 Å². The van der Waals surface area contributed by atoms with Gasteiger partial charge in [-0.05, 0) is 19.1 Å². The average Bonchev–Trinajstić information content (AvgIpc) is 3.19. The fraction of sp³-hybridized carbons (Fsp3) is 0.217.